The molecule has 2 unspecified atom stereocenters. The monoisotopic (exact) mass is 967 g/mol. The van der Waals surface area contributed by atoms with Crippen LogP contribution in [0.15, 0.2) is 122 Å². The van der Waals surface area contributed by atoms with E-state index >= 15 is 0 Å². The van der Waals surface area contributed by atoms with Gasteiger partial charge in [0.25, 0.3) is 0 Å². The number of esters is 5. The molecule has 0 aliphatic rings. The second-order valence-electron chi connectivity index (χ2n) is 12.9. The van der Waals surface area contributed by atoms with Gasteiger partial charge in [-0.15, -0.1) is 12.6 Å². The molecular formula is C50H65NO16S. The van der Waals surface area contributed by atoms with Crippen LogP contribution in [-0.2, 0) is 47.6 Å². The number of carbonyl (C=O) groups excluding carboxylic acids is 6. The fourth-order valence-corrected chi connectivity index (χ4v) is 5.05. The Labute approximate surface area is 404 Å². The van der Waals surface area contributed by atoms with Gasteiger partial charge in [0.2, 0.25) is 0 Å². The molecule has 2 N–H and O–H groups in total. The molecule has 0 spiro atoms. The van der Waals surface area contributed by atoms with E-state index in [-0.39, 0.29) is 60.6 Å². The standard InChI is InChI=1S/C44H50O15S.C3H4O.C2H6.CH5N/c1-5-40(45)53-25-11-10-24-52-28-37(57-42(47)7-3)30-54-33-16-12-31(13-17-33)43(48)58-35-20-21-38(39(60)26-35)59-44(49)32-14-18-34(19-15-32)55-29-36(56-41(46)6-2)27-51-23-9-8-22-50-4;1-2-3-4;2*1-2/h5-7,12-21,26,36-37,60H,1-3,8-11,22-25,27-30H2,4H3;2-3H,1H2;1-2H3;2H2,1H3. The number of benzene rings is 3. The lowest BCUT2D eigenvalue weighted by Crippen LogP contribution is -2.29. The summed E-state index contributed by atoms with van der Waals surface area (Å²) in [7, 11) is 3.13. The van der Waals surface area contributed by atoms with Gasteiger partial charge in [-0.25, -0.2) is 24.0 Å². The zero-order chi connectivity index (χ0) is 51.0. The van der Waals surface area contributed by atoms with Crippen LogP contribution in [-0.4, -0.2) is 115 Å². The van der Waals surface area contributed by atoms with Gasteiger partial charge in [0, 0.05) is 45.2 Å². The van der Waals surface area contributed by atoms with Gasteiger partial charge in [-0.1, -0.05) is 40.2 Å². The summed E-state index contributed by atoms with van der Waals surface area (Å²) in [6.45, 7) is 19.1. The second kappa shape index (κ2) is 39.6. The zero-order valence-corrected chi connectivity index (χ0v) is 40.2. The maximum atomic E-state index is 12.9. The van der Waals surface area contributed by atoms with Crippen molar-refractivity contribution in [3.8, 4) is 23.0 Å². The highest BCUT2D eigenvalue weighted by atomic mass is 32.1. The summed E-state index contributed by atoms with van der Waals surface area (Å²) in [5, 5.41) is 0. The fraction of sp³-hybridized carbons (Fsp3) is 0.360. The Morgan fingerprint density at radius 3 is 1.41 bits per heavy atom. The number of nitrogens with two attached hydrogens (primary N) is 1. The zero-order valence-electron chi connectivity index (χ0n) is 39.3. The van der Waals surface area contributed by atoms with E-state index < -0.39 is 42.1 Å². The second-order valence-corrected chi connectivity index (χ2v) is 13.4. The van der Waals surface area contributed by atoms with E-state index in [4.69, 9.17) is 52.2 Å². The first kappa shape index (κ1) is 61.4. The summed E-state index contributed by atoms with van der Waals surface area (Å²) in [4.78, 5) is 69.8. The van der Waals surface area contributed by atoms with Crippen LogP contribution in [0.2, 0.25) is 0 Å². The third-order valence-corrected chi connectivity index (χ3v) is 8.33. The number of unbranched alkanes of at least 4 members (excludes halogenated alkanes) is 2. The largest absolute Gasteiger partial charge is 0.490 e. The van der Waals surface area contributed by atoms with Gasteiger partial charge >= 0.3 is 29.8 Å². The van der Waals surface area contributed by atoms with Crippen LogP contribution in [0.4, 0.5) is 0 Å². The molecule has 3 aromatic rings. The summed E-state index contributed by atoms with van der Waals surface area (Å²) in [6.07, 6.45) is 6.43. The summed E-state index contributed by atoms with van der Waals surface area (Å²) < 4.78 is 54.4. The quantitative estimate of drug-likeness (QED) is 0.0127. The van der Waals surface area contributed by atoms with Crippen LogP contribution in [0.1, 0.15) is 60.2 Å². The maximum Gasteiger partial charge on any atom is 0.343 e. The van der Waals surface area contributed by atoms with Gasteiger partial charge < -0.3 is 53.1 Å². The van der Waals surface area contributed by atoms with Crippen molar-refractivity contribution < 1.29 is 76.1 Å². The van der Waals surface area contributed by atoms with E-state index in [1.54, 1.807) is 31.4 Å². The number of carbonyl (C=O) groups is 6. The number of hydrogen-bond donors (Lipinski definition) is 2. The van der Waals surface area contributed by atoms with E-state index in [1.165, 1.54) is 55.6 Å². The molecule has 68 heavy (non-hydrogen) atoms. The molecule has 3 rings (SSSR count). The molecule has 0 saturated heterocycles. The highest BCUT2D eigenvalue weighted by Crippen LogP contribution is 2.29. The summed E-state index contributed by atoms with van der Waals surface area (Å²) in [6, 6.07) is 16.6. The molecule has 0 radical (unpaired) electrons. The number of allylic oxidation sites excluding steroid dienone is 1. The normalized spacial score (nSPS) is 10.7. The minimum atomic E-state index is -0.744. The van der Waals surface area contributed by atoms with E-state index in [0.29, 0.717) is 50.4 Å². The predicted molar refractivity (Wildman–Crippen MR) is 258 cm³/mol. The molecule has 0 fully saturated rings. The Bertz CT molecular complexity index is 1960. The Hall–Kier alpha value is -6.57. The average Bonchev–Trinajstić information content (AvgIpc) is 3.37. The van der Waals surface area contributed by atoms with Crippen molar-refractivity contribution >= 4 is 48.8 Å². The van der Waals surface area contributed by atoms with Crippen LogP contribution in [0.3, 0.4) is 0 Å². The van der Waals surface area contributed by atoms with E-state index in [1.807, 2.05) is 13.8 Å². The Morgan fingerprint density at radius 1 is 0.588 bits per heavy atom. The van der Waals surface area contributed by atoms with Crippen LogP contribution in [0, 0.1) is 0 Å². The van der Waals surface area contributed by atoms with Crippen LogP contribution in [0.5, 0.6) is 23.0 Å². The van der Waals surface area contributed by atoms with Crippen molar-refractivity contribution in [1.82, 2.24) is 0 Å². The van der Waals surface area contributed by atoms with Gasteiger partial charge in [-0.05, 0) is 106 Å². The molecule has 0 aromatic heterocycles. The lowest BCUT2D eigenvalue weighted by Gasteiger charge is -2.18. The lowest BCUT2D eigenvalue weighted by molar-refractivity contribution is -0.148. The van der Waals surface area contributed by atoms with Crippen molar-refractivity contribution in [3.63, 3.8) is 0 Å². The van der Waals surface area contributed by atoms with Crippen molar-refractivity contribution in [2.45, 2.75) is 56.6 Å². The molecule has 0 heterocycles. The molecule has 0 bridgehead atoms. The summed E-state index contributed by atoms with van der Waals surface area (Å²) in [5.74, 6) is -1.96. The molecule has 3 aromatic carbocycles. The van der Waals surface area contributed by atoms with Crippen LogP contribution in [0.25, 0.3) is 0 Å². The van der Waals surface area contributed by atoms with Crippen molar-refractivity contribution in [2.24, 2.45) is 5.73 Å². The smallest absolute Gasteiger partial charge is 0.343 e. The maximum absolute atomic E-state index is 12.9. The Kier molecular flexibility index (Phi) is 35.8. The average molecular weight is 968 g/mol. The topological polar surface area (TPSA) is 221 Å². The fourth-order valence-electron chi connectivity index (χ4n) is 4.80. The van der Waals surface area contributed by atoms with Crippen molar-refractivity contribution in [1.29, 1.82) is 0 Å². The number of thiol groups is 1. The molecule has 2 atom stereocenters. The van der Waals surface area contributed by atoms with Gasteiger partial charge in [0.15, 0.2) is 12.2 Å². The number of hydrogen-bond acceptors (Lipinski definition) is 18. The lowest BCUT2D eigenvalue weighted by atomic mass is 10.2. The van der Waals surface area contributed by atoms with Crippen LogP contribution >= 0.6 is 12.6 Å². The summed E-state index contributed by atoms with van der Waals surface area (Å²) in [5.41, 5.74) is 4.95. The Balaban J connectivity index is 0.00000524. The molecule has 17 nitrogen and oxygen atoms in total. The summed E-state index contributed by atoms with van der Waals surface area (Å²) >= 11 is 4.41. The first-order valence-corrected chi connectivity index (χ1v) is 21.9. The molecule has 372 valence electrons. The minimum Gasteiger partial charge on any atom is -0.490 e. The third-order valence-electron chi connectivity index (χ3n) is 7.98. The van der Waals surface area contributed by atoms with Crippen LogP contribution < -0.4 is 24.7 Å². The van der Waals surface area contributed by atoms with Crippen molar-refractivity contribution in [3.05, 3.63) is 128 Å². The molecule has 18 heteroatoms. The number of methoxy groups -OCH3 is 1. The Morgan fingerprint density at radius 2 is 1.00 bits per heavy atom. The minimum absolute atomic E-state index is 0.0111. The van der Waals surface area contributed by atoms with Crippen molar-refractivity contribution in [2.75, 3.05) is 67.0 Å². The predicted octanol–water partition coefficient (Wildman–Crippen LogP) is 7.31. The highest BCUT2D eigenvalue weighted by Gasteiger charge is 2.18. The number of aldehydes is 1. The van der Waals surface area contributed by atoms with Gasteiger partial charge in [0.05, 0.1) is 35.8 Å². The molecule has 0 aliphatic carbocycles. The molecule has 0 amide bonds. The van der Waals surface area contributed by atoms with Gasteiger partial charge in [-0.3, -0.25) is 4.79 Å². The van der Waals surface area contributed by atoms with E-state index in [2.05, 4.69) is 44.7 Å². The number of ether oxygens (including phenoxy) is 10. The highest BCUT2D eigenvalue weighted by molar-refractivity contribution is 7.80. The third kappa shape index (κ3) is 27.8. The molecule has 0 aliphatic heterocycles. The van der Waals surface area contributed by atoms with Gasteiger partial charge in [0.1, 0.15) is 42.5 Å². The van der Waals surface area contributed by atoms with Gasteiger partial charge in [-0.2, -0.15) is 0 Å². The first-order chi connectivity index (χ1) is 33.0. The van der Waals surface area contributed by atoms with E-state index in [9.17, 15) is 24.0 Å². The number of rotatable bonds is 30. The SMILES string of the molecule is C=CC(=O)OCCCCOCC(COc1ccc(C(=O)Oc2ccc(OC(=O)c3ccc(OCC(COCCCCOC)OC(=O)C=C)cc3)c(S)c2)cc1)OC(=O)C=C.C=CC=O.CC.CN. The first-order valence-electron chi connectivity index (χ1n) is 21.4. The molecular weight excluding hydrogens is 903 g/mol. The molecule has 0 saturated carbocycles. The van der Waals surface area contributed by atoms with E-state index in [0.717, 1.165) is 31.1 Å².